The highest BCUT2D eigenvalue weighted by Crippen LogP contribution is 2.05. The molecule has 0 rings (SSSR count). The first-order chi connectivity index (χ1) is 7.71. The number of hydrazine groups is 1. The third-order valence-electron chi connectivity index (χ3n) is 2.46. The quantitative estimate of drug-likeness (QED) is 0.446. The van der Waals surface area contributed by atoms with Crippen molar-refractivity contribution in [1.29, 1.82) is 0 Å². The molecule has 0 fully saturated rings. The molecule has 0 radical (unpaired) electrons. The van der Waals surface area contributed by atoms with Crippen LogP contribution in [0.2, 0.25) is 0 Å². The van der Waals surface area contributed by atoms with Gasteiger partial charge in [0.1, 0.15) is 0 Å². The lowest BCUT2D eigenvalue weighted by Crippen LogP contribution is -2.47. The summed E-state index contributed by atoms with van der Waals surface area (Å²) in [4.78, 5) is 11.8. The van der Waals surface area contributed by atoms with Crippen molar-refractivity contribution >= 4 is 5.91 Å². The Kier molecular flexibility index (Phi) is 8.91. The minimum Gasteiger partial charge on any atom is -0.272 e. The molecule has 0 aromatic carbocycles. The third kappa shape index (κ3) is 5.31. The molecule has 0 N–H and O–H groups in total. The van der Waals surface area contributed by atoms with Gasteiger partial charge in [-0.1, -0.05) is 33.8 Å². The van der Waals surface area contributed by atoms with E-state index >= 15 is 0 Å². The minimum absolute atomic E-state index is 0.0235. The van der Waals surface area contributed by atoms with E-state index in [1.807, 2.05) is 5.01 Å². The summed E-state index contributed by atoms with van der Waals surface area (Å²) in [5, 5.41) is 4.00. The smallest absolute Gasteiger partial charge is 0.260 e. The Morgan fingerprint density at radius 2 is 1.62 bits per heavy atom. The molecule has 0 aromatic heterocycles. The summed E-state index contributed by atoms with van der Waals surface area (Å²) in [7, 11) is 0. The van der Waals surface area contributed by atoms with Crippen molar-refractivity contribution in [2.24, 2.45) is 0 Å². The Labute approximate surface area is 100 Å². The maximum absolute atomic E-state index is 11.8. The molecule has 0 aliphatic heterocycles. The molecule has 16 heavy (non-hydrogen) atoms. The zero-order valence-electron chi connectivity index (χ0n) is 11.0. The summed E-state index contributed by atoms with van der Waals surface area (Å²) in [6, 6.07) is 0. The first-order valence-electron chi connectivity index (χ1n) is 6.39. The van der Waals surface area contributed by atoms with E-state index in [2.05, 4.69) is 32.4 Å². The van der Waals surface area contributed by atoms with Crippen molar-refractivity contribution in [3.05, 3.63) is 12.7 Å². The van der Waals surface area contributed by atoms with Crippen molar-refractivity contribution in [2.75, 3.05) is 19.6 Å². The largest absolute Gasteiger partial charge is 0.272 e. The summed E-state index contributed by atoms with van der Waals surface area (Å²) in [6.45, 7) is 12.7. The van der Waals surface area contributed by atoms with E-state index in [1.54, 1.807) is 0 Å². The van der Waals surface area contributed by atoms with Crippen LogP contribution in [0, 0.1) is 0 Å². The van der Waals surface area contributed by atoms with Crippen LogP contribution in [0.5, 0.6) is 0 Å². The Morgan fingerprint density at radius 1 is 1.06 bits per heavy atom. The van der Waals surface area contributed by atoms with Gasteiger partial charge in [0.2, 0.25) is 0 Å². The zero-order chi connectivity index (χ0) is 12.4. The molecule has 0 saturated carbocycles. The van der Waals surface area contributed by atoms with Crippen LogP contribution >= 0.6 is 0 Å². The second-order valence-electron chi connectivity index (χ2n) is 3.97. The average Bonchev–Trinajstić information content (AvgIpc) is 2.29. The van der Waals surface area contributed by atoms with Gasteiger partial charge in [-0.2, -0.15) is 0 Å². The average molecular weight is 226 g/mol. The van der Waals surface area contributed by atoms with Crippen LogP contribution in [-0.4, -0.2) is 35.6 Å². The van der Waals surface area contributed by atoms with E-state index in [9.17, 15) is 4.79 Å². The maximum Gasteiger partial charge on any atom is 0.260 e. The van der Waals surface area contributed by atoms with Gasteiger partial charge in [-0.3, -0.25) is 9.80 Å². The highest BCUT2D eigenvalue weighted by molar-refractivity contribution is 5.86. The van der Waals surface area contributed by atoms with Gasteiger partial charge in [0.15, 0.2) is 0 Å². The molecule has 0 atom stereocenters. The van der Waals surface area contributed by atoms with Crippen LogP contribution in [0.15, 0.2) is 12.7 Å². The third-order valence-corrected chi connectivity index (χ3v) is 2.46. The van der Waals surface area contributed by atoms with Crippen molar-refractivity contribution < 1.29 is 4.79 Å². The summed E-state index contributed by atoms with van der Waals surface area (Å²) in [5.74, 6) is 0.0235. The molecule has 94 valence electrons. The van der Waals surface area contributed by atoms with Crippen molar-refractivity contribution in [3.63, 3.8) is 0 Å². The zero-order valence-corrected chi connectivity index (χ0v) is 11.0. The first kappa shape index (κ1) is 15.2. The van der Waals surface area contributed by atoms with Crippen LogP contribution in [-0.2, 0) is 4.79 Å². The number of unbranched alkanes of at least 4 members (excludes halogenated alkanes) is 1. The van der Waals surface area contributed by atoms with Gasteiger partial charge in [0.05, 0.1) is 0 Å². The Morgan fingerprint density at radius 3 is 2.00 bits per heavy atom. The van der Waals surface area contributed by atoms with E-state index in [1.165, 1.54) is 6.08 Å². The maximum atomic E-state index is 11.8. The lowest BCUT2D eigenvalue weighted by Gasteiger charge is -2.34. The van der Waals surface area contributed by atoms with Crippen LogP contribution in [0.25, 0.3) is 0 Å². The molecule has 0 aliphatic rings. The molecule has 1 amide bonds. The molecule has 0 bridgehead atoms. The number of hydrogen-bond donors (Lipinski definition) is 0. The molecule has 0 saturated heterocycles. The highest BCUT2D eigenvalue weighted by atomic mass is 16.2. The summed E-state index contributed by atoms with van der Waals surface area (Å²) in [6.07, 6.45) is 5.69. The summed E-state index contributed by atoms with van der Waals surface area (Å²) in [5.41, 5.74) is 0. The number of hydrogen-bond acceptors (Lipinski definition) is 2. The van der Waals surface area contributed by atoms with E-state index in [0.29, 0.717) is 0 Å². The predicted molar refractivity (Wildman–Crippen MR) is 69.0 cm³/mol. The standard InChI is InChI=1S/C13H26N2O/c1-5-9-12-15(13(16)8-4)14(10-6-2)11-7-3/h8H,4-7,9-12H2,1-3H3. The fourth-order valence-electron chi connectivity index (χ4n) is 1.67. The number of amides is 1. The molecule has 3 nitrogen and oxygen atoms in total. The molecule has 0 heterocycles. The second-order valence-corrected chi connectivity index (χ2v) is 3.97. The van der Waals surface area contributed by atoms with Crippen LogP contribution in [0.4, 0.5) is 0 Å². The lowest BCUT2D eigenvalue weighted by molar-refractivity contribution is -0.143. The number of carbonyl (C=O) groups excluding carboxylic acids is 1. The van der Waals surface area contributed by atoms with Gasteiger partial charge in [-0.25, -0.2) is 5.01 Å². The molecule has 0 spiro atoms. The Balaban J connectivity index is 4.51. The van der Waals surface area contributed by atoms with Crippen LogP contribution in [0.1, 0.15) is 46.5 Å². The Bertz CT molecular complexity index is 198. The number of nitrogens with zero attached hydrogens (tertiary/aromatic N) is 2. The fourth-order valence-corrected chi connectivity index (χ4v) is 1.67. The molecular weight excluding hydrogens is 200 g/mol. The normalized spacial score (nSPS) is 10.5. The molecule has 0 unspecified atom stereocenters. The molecule has 3 heteroatoms. The van der Waals surface area contributed by atoms with E-state index in [4.69, 9.17) is 0 Å². The molecule has 0 aliphatic carbocycles. The number of carbonyl (C=O) groups is 1. The lowest BCUT2D eigenvalue weighted by atomic mass is 10.3. The monoisotopic (exact) mass is 226 g/mol. The number of rotatable bonds is 9. The minimum atomic E-state index is 0.0235. The van der Waals surface area contributed by atoms with E-state index in [0.717, 1.165) is 45.3 Å². The SMILES string of the molecule is C=CC(=O)N(CCCC)N(CCC)CCC. The second kappa shape index (κ2) is 9.40. The molecular formula is C13H26N2O. The first-order valence-corrected chi connectivity index (χ1v) is 6.39. The Hall–Kier alpha value is -0.830. The summed E-state index contributed by atoms with van der Waals surface area (Å²) >= 11 is 0. The summed E-state index contributed by atoms with van der Waals surface area (Å²) < 4.78 is 0. The van der Waals surface area contributed by atoms with Gasteiger partial charge in [-0.15, -0.1) is 0 Å². The van der Waals surface area contributed by atoms with Gasteiger partial charge >= 0.3 is 0 Å². The van der Waals surface area contributed by atoms with Gasteiger partial charge in [0.25, 0.3) is 5.91 Å². The van der Waals surface area contributed by atoms with Crippen LogP contribution < -0.4 is 0 Å². The highest BCUT2D eigenvalue weighted by Gasteiger charge is 2.16. The van der Waals surface area contributed by atoms with E-state index in [-0.39, 0.29) is 5.91 Å². The van der Waals surface area contributed by atoms with Crippen molar-refractivity contribution in [1.82, 2.24) is 10.0 Å². The van der Waals surface area contributed by atoms with E-state index < -0.39 is 0 Å². The molecule has 0 aromatic rings. The van der Waals surface area contributed by atoms with Crippen molar-refractivity contribution in [2.45, 2.75) is 46.5 Å². The van der Waals surface area contributed by atoms with Gasteiger partial charge in [-0.05, 0) is 25.3 Å². The van der Waals surface area contributed by atoms with Crippen molar-refractivity contribution in [3.8, 4) is 0 Å². The predicted octanol–water partition coefficient (Wildman–Crippen LogP) is 2.84. The van der Waals surface area contributed by atoms with Crippen LogP contribution in [0.3, 0.4) is 0 Å². The topological polar surface area (TPSA) is 23.6 Å². The van der Waals surface area contributed by atoms with Gasteiger partial charge < -0.3 is 0 Å². The fraction of sp³-hybridized carbons (Fsp3) is 0.769. The van der Waals surface area contributed by atoms with Gasteiger partial charge in [0, 0.05) is 19.6 Å².